The summed E-state index contributed by atoms with van der Waals surface area (Å²) in [5.74, 6) is 0.676. The van der Waals surface area contributed by atoms with Gasteiger partial charge in [0.2, 0.25) is 15.9 Å². The number of aryl methyl sites for hydroxylation is 4. The summed E-state index contributed by atoms with van der Waals surface area (Å²) < 4.78 is 32.3. The lowest BCUT2D eigenvalue weighted by Crippen LogP contribution is -2.51. The Hall–Kier alpha value is -1.84. The average Bonchev–Trinajstić information content (AvgIpc) is 3.05. The van der Waals surface area contributed by atoms with Crippen molar-refractivity contribution >= 4 is 27.7 Å². The van der Waals surface area contributed by atoms with Gasteiger partial charge in [0.25, 0.3) is 0 Å². The Balaban J connectivity index is 1.63. The maximum atomic E-state index is 12.9. The molecule has 1 fully saturated rings. The van der Waals surface area contributed by atoms with Gasteiger partial charge in [-0.15, -0.1) is 11.8 Å². The van der Waals surface area contributed by atoms with Gasteiger partial charge in [-0.05, 0) is 63.8 Å². The molecule has 164 valence electrons. The lowest BCUT2D eigenvalue weighted by Gasteiger charge is -2.34. The van der Waals surface area contributed by atoms with E-state index in [-0.39, 0.29) is 23.9 Å². The Labute approximate surface area is 182 Å². The maximum absolute atomic E-state index is 12.9. The van der Waals surface area contributed by atoms with Crippen molar-refractivity contribution in [2.75, 3.05) is 31.9 Å². The van der Waals surface area contributed by atoms with Gasteiger partial charge in [0.1, 0.15) is 10.6 Å². The molecular weight excluding hydrogens is 422 g/mol. The van der Waals surface area contributed by atoms with Crippen LogP contribution in [0.1, 0.15) is 33.7 Å². The summed E-state index contributed by atoms with van der Waals surface area (Å²) in [5.41, 5.74) is 5.25. The SMILES string of the molecule is Cc1cc(C)c(C)c(SCC(=O)N2CCN(S(=O)(=O)c3c(C)noc3C)CC2)c1C. The van der Waals surface area contributed by atoms with E-state index in [1.54, 1.807) is 30.5 Å². The molecule has 0 bridgehead atoms. The van der Waals surface area contributed by atoms with E-state index in [2.05, 4.69) is 38.9 Å². The Morgan fingerprint density at radius 2 is 1.60 bits per heavy atom. The summed E-state index contributed by atoms with van der Waals surface area (Å²) in [6.45, 7) is 12.9. The van der Waals surface area contributed by atoms with E-state index >= 15 is 0 Å². The molecule has 1 aliphatic heterocycles. The fourth-order valence-electron chi connectivity index (χ4n) is 3.77. The van der Waals surface area contributed by atoms with E-state index in [0.717, 1.165) is 0 Å². The molecule has 1 aromatic carbocycles. The van der Waals surface area contributed by atoms with Gasteiger partial charge in [-0.25, -0.2) is 8.42 Å². The van der Waals surface area contributed by atoms with Crippen molar-refractivity contribution < 1.29 is 17.7 Å². The third-order valence-corrected chi connectivity index (χ3v) is 9.23. The van der Waals surface area contributed by atoms with Crippen molar-refractivity contribution in [3.8, 4) is 0 Å². The highest BCUT2D eigenvalue weighted by atomic mass is 32.2. The van der Waals surface area contributed by atoms with Crippen molar-refractivity contribution in [3.05, 3.63) is 39.8 Å². The normalized spacial score (nSPS) is 15.6. The molecule has 9 heteroatoms. The van der Waals surface area contributed by atoms with Crippen molar-refractivity contribution in [2.24, 2.45) is 0 Å². The highest BCUT2D eigenvalue weighted by Crippen LogP contribution is 2.31. The summed E-state index contributed by atoms with van der Waals surface area (Å²) in [5, 5.41) is 3.75. The summed E-state index contributed by atoms with van der Waals surface area (Å²) in [4.78, 5) is 15.8. The summed E-state index contributed by atoms with van der Waals surface area (Å²) in [6.07, 6.45) is 0. The van der Waals surface area contributed by atoms with Gasteiger partial charge in [-0.2, -0.15) is 4.31 Å². The average molecular weight is 452 g/mol. The molecule has 0 atom stereocenters. The van der Waals surface area contributed by atoms with Gasteiger partial charge in [-0.1, -0.05) is 11.2 Å². The zero-order valence-electron chi connectivity index (χ0n) is 18.4. The Morgan fingerprint density at radius 1 is 1.03 bits per heavy atom. The fraction of sp³-hybridized carbons (Fsp3) is 0.524. The minimum Gasteiger partial charge on any atom is -0.360 e. The number of benzene rings is 1. The quantitative estimate of drug-likeness (QED) is 0.650. The van der Waals surface area contributed by atoms with E-state index in [9.17, 15) is 13.2 Å². The van der Waals surface area contributed by atoms with Gasteiger partial charge in [0.05, 0.1) is 5.75 Å². The van der Waals surface area contributed by atoms with Crippen molar-refractivity contribution in [1.82, 2.24) is 14.4 Å². The molecule has 30 heavy (non-hydrogen) atoms. The van der Waals surface area contributed by atoms with Crippen molar-refractivity contribution in [1.29, 1.82) is 0 Å². The first kappa shape index (κ1) is 22.8. The Kier molecular flexibility index (Phi) is 6.64. The number of carbonyl (C=O) groups is 1. The predicted molar refractivity (Wildman–Crippen MR) is 117 cm³/mol. The molecule has 3 rings (SSSR count). The lowest BCUT2D eigenvalue weighted by atomic mass is 10.0. The van der Waals surface area contributed by atoms with Crippen LogP contribution >= 0.6 is 11.8 Å². The van der Waals surface area contributed by atoms with Crippen LogP contribution in [0.15, 0.2) is 20.4 Å². The number of amides is 1. The summed E-state index contributed by atoms with van der Waals surface area (Å²) >= 11 is 1.57. The molecule has 0 unspecified atom stereocenters. The number of hydrogen-bond donors (Lipinski definition) is 0. The standard InChI is InChI=1S/C21H29N3O4S2/c1-13-11-14(2)16(4)20(15(13)3)29-12-19(25)23-7-9-24(10-8-23)30(26,27)21-17(5)22-28-18(21)6/h11H,7-10,12H2,1-6H3. The maximum Gasteiger partial charge on any atom is 0.248 e. The van der Waals surface area contributed by atoms with Crippen LogP contribution in [0, 0.1) is 41.5 Å². The Morgan fingerprint density at radius 3 is 2.10 bits per heavy atom. The third kappa shape index (κ3) is 4.29. The van der Waals surface area contributed by atoms with Crippen LogP contribution in [0.5, 0.6) is 0 Å². The molecule has 1 aromatic heterocycles. The van der Waals surface area contributed by atoms with Crippen LogP contribution in [0.3, 0.4) is 0 Å². The van der Waals surface area contributed by atoms with Gasteiger partial charge in [0.15, 0.2) is 5.76 Å². The predicted octanol–water partition coefficient (Wildman–Crippen LogP) is 3.15. The number of rotatable bonds is 5. The molecular formula is C21H29N3O4S2. The van der Waals surface area contributed by atoms with Crippen LogP contribution in [0.4, 0.5) is 0 Å². The highest BCUT2D eigenvalue weighted by molar-refractivity contribution is 8.00. The molecule has 7 nitrogen and oxygen atoms in total. The number of carbonyl (C=O) groups excluding carboxylic acids is 1. The number of sulfonamides is 1. The topological polar surface area (TPSA) is 83.7 Å². The van der Waals surface area contributed by atoms with Gasteiger partial charge in [0, 0.05) is 31.1 Å². The highest BCUT2D eigenvalue weighted by Gasteiger charge is 2.34. The molecule has 1 aliphatic rings. The van der Waals surface area contributed by atoms with E-state index in [4.69, 9.17) is 4.52 Å². The molecule has 2 aromatic rings. The molecule has 1 amide bonds. The minimum atomic E-state index is -3.67. The van der Waals surface area contributed by atoms with E-state index in [1.165, 1.54) is 31.5 Å². The van der Waals surface area contributed by atoms with Crippen LogP contribution in [-0.2, 0) is 14.8 Å². The van der Waals surface area contributed by atoms with Crippen LogP contribution in [0.25, 0.3) is 0 Å². The number of aromatic nitrogens is 1. The number of hydrogen-bond acceptors (Lipinski definition) is 6. The number of nitrogens with zero attached hydrogens (tertiary/aromatic N) is 3. The number of piperazine rings is 1. The van der Waals surface area contributed by atoms with E-state index in [1.807, 2.05) is 0 Å². The second-order valence-corrected chi connectivity index (χ2v) is 10.7. The molecule has 0 N–H and O–H groups in total. The monoisotopic (exact) mass is 451 g/mol. The lowest BCUT2D eigenvalue weighted by molar-refractivity contribution is -0.129. The first-order chi connectivity index (χ1) is 14.0. The molecule has 2 heterocycles. The first-order valence-electron chi connectivity index (χ1n) is 9.95. The van der Waals surface area contributed by atoms with Gasteiger partial charge < -0.3 is 9.42 Å². The third-order valence-electron chi connectivity index (χ3n) is 5.79. The van der Waals surface area contributed by atoms with Gasteiger partial charge in [-0.3, -0.25) is 4.79 Å². The largest absolute Gasteiger partial charge is 0.360 e. The zero-order chi connectivity index (χ0) is 22.2. The van der Waals surface area contributed by atoms with E-state index in [0.29, 0.717) is 30.3 Å². The molecule has 0 radical (unpaired) electrons. The summed E-state index contributed by atoms with van der Waals surface area (Å²) in [6, 6.07) is 2.18. The number of thioether (sulfide) groups is 1. The smallest absolute Gasteiger partial charge is 0.248 e. The van der Waals surface area contributed by atoms with Crippen LogP contribution in [-0.4, -0.2) is 60.6 Å². The molecule has 1 saturated heterocycles. The van der Waals surface area contributed by atoms with Crippen molar-refractivity contribution in [2.45, 2.75) is 51.3 Å². The molecule has 0 spiro atoms. The Bertz CT molecular complexity index is 1020. The second kappa shape index (κ2) is 8.72. The fourth-order valence-corrected chi connectivity index (χ4v) is 6.69. The van der Waals surface area contributed by atoms with Crippen LogP contribution in [0.2, 0.25) is 0 Å². The molecule has 0 aliphatic carbocycles. The van der Waals surface area contributed by atoms with Crippen molar-refractivity contribution in [3.63, 3.8) is 0 Å². The van der Waals surface area contributed by atoms with E-state index < -0.39 is 10.0 Å². The van der Waals surface area contributed by atoms with Crippen LogP contribution < -0.4 is 0 Å². The summed E-state index contributed by atoms with van der Waals surface area (Å²) in [7, 11) is -3.67. The first-order valence-corrected chi connectivity index (χ1v) is 12.4. The molecule has 0 saturated carbocycles. The minimum absolute atomic E-state index is 0.0346. The van der Waals surface area contributed by atoms with Gasteiger partial charge >= 0.3 is 0 Å². The second-order valence-electron chi connectivity index (χ2n) is 7.82. The zero-order valence-corrected chi connectivity index (χ0v) is 20.0.